The van der Waals surface area contributed by atoms with Gasteiger partial charge in [0.25, 0.3) is 5.91 Å². The minimum atomic E-state index is -0.163. The van der Waals surface area contributed by atoms with Gasteiger partial charge >= 0.3 is 0 Å². The molecule has 0 spiro atoms. The van der Waals surface area contributed by atoms with Crippen LogP contribution in [0.15, 0.2) is 18.2 Å². The molecule has 1 aliphatic rings. The molecule has 0 aliphatic heterocycles. The number of rotatable bonds is 3. The molecule has 1 amide bonds. The van der Waals surface area contributed by atoms with Crippen molar-refractivity contribution in [3.8, 4) is 11.8 Å². The number of aryl methyl sites for hydroxylation is 1. The number of benzene rings is 1. The molecule has 1 aromatic carbocycles. The number of hydrogen-bond acceptors (Lipinski definition) is 3. The Morgan fingerprint density at radius 2 is 2.16 bits per heavy atom. The SMILES string of the molecule is Cc1ccc(C(=O)N(CC#N)C2CCCC2)cc1O. The van der Waals surface area contributed by atoms with Crippen LogP contribution < -0.4 is 0 Å². The maximum Gasteiger partial charge on any atom is 0.255 e. The lowest BCUT2D eigenvalue weighted by Crippen LogP contribution is -2.39. The molecule has 0 saturated heterocycles. The van der Waals surface area contributed by atoms with Gasteiger partial charge in [0, 0.05) is 11.6 Å². The van der Waals surface area contributed by atoms with Gasteiger partial charge < -0.3 is 10.0 Å². The van der Waals surface area contributed by atoms with Crippen molar-refractivity contribution in [2.75, 3.05) is 6.54 Å². The number of nitrogens with zero attached hydrogens (tertiary/aromatic N) is 2. The van der Waals surface area contributed by atoms with Crippen molar-refractivity contribution in [2.24, 2.45) is 0 Å². The van der Waals surface area contributed by atoms with E-state index in [1.54, 1.807) is 24.0 Å². The second-order valence-corrected chi connectivity index (χ2v) is 5.03. The molecule has 0 bridgehead atoms. The lowest BCUT2D eigenvalue weighted by molar-refractivity contribution is 0.0709. The Morgan fingerprint density at radius 3 is 2.74 bits per heavy atom. The Balaban J connectivity index is 2.23. The first-order chi connectivity index (χ1) is 9.13. The highest BCUT2D eigenvalue weighted by atomic mass is 16.3. The van der Waals surface area contributed by atoms with Gasteiger partial charge in [-0.3, -0.25) is 4.79 Å². The summed E-state index contributed by atoms with van der Waals surface area (Å²) in [7, 11) is 0. The van der Waals surface area contributed by atoms with E-state index in [-0.39, 0.29) is 24.2 Å². The summed E-state index contributed by atoms with van der Waals surface area (Å²) in [5.41, 5.74) is 1.19. The summed E-state index contributed by atoms with van der Waals surface area (Å²) in [4.78, 5) is 14.1. The Bertz CT molecular complexity index is 513. The van der Waals surface area contributed by atoms with E-state index >= 15 is 0 Å². The lowest BCUT2D eigenvalue weighted by atomic mass is 10.1. The van der Waals surface area contributed by atoms with Crippen LogP contribution in [0.3, 0.4) is 0 Å². The maximum absolute atomic E-state index is 12.4. The molecule has 0 radical (unpaired) electrons. The number of hydrogen-bond donors (Lipinski definition) is 1. The zero-order chi connectivity index (χ0) is 13.8. The Labute approximate surface area is 113 Å². The van der Waals surface area contributed by atoms with Crippen LogP contribution in [0.5, 0.6) is 5.75 Å². The summed E-state index contributed by atoms with van der Waals surface area (Å²) in [6.07, 6.45) is 4.15. The van der Waals surface area contributed by atoms with E-state index in [0.29, 0.717) is 5.56 Å². The molecule has 0 atom stereocenters. The summed E-state index contributed by atoms with van der Waals surface area (Å²) in [6.45, 7) is 1.89. The standard InChI is InChI=1S/C15H18N2O2/c1-11-6-7-12(10-14(11)18)15(19)17(9-8-16)13-4-2-3-5-13/h6-7,10,13,18H,2-5,9H2,1H3. The average Bonchev–Trinajstić information content (AvgIpc) is 2.92. The normalized spacial score (nSPS) is 15.2. The van der Waals surface area contributed by atoms with Crippen LogP contribution in [-0.2, 0) is 0 Å². The number of phenolic OH excluding ortho intramolecular Hbond substituents is 1. The number of carbonyl (C=O) groups excluding carboxylic acids is 1. The van der Waals surface area contributed by atoms with Gasteiger partial charge in [-0.1, -0.05) is 18.9 Å². The number of phenols is 1. The topological polar surface area (TPSA) is 64.3 Å². The molecule has 100 valence electrons. The quantitative estimate of drug-likeness (QED) is 0.847. The molecule has 1 N–H and O–H groups in total. The Morgan fingerprint density at radius 1 is 1.47 bits per heavy atom. The Hall–Kier alpha value is -2.02. The van der Waals surface area contributed by atoms with Crippen LogP contribution in [0, 0.1) is 18.3 Å². The van der Waals surface area contributed by atoms with Crippen molar-refractivity contribution in [1.82, 2.24) is 4.90 Å². The highest BCUT2D eigenvalue weighted by molar-refractivity contribution is 5.95. The molecule has 1 saturated carbocycles. The summed E-state index contributed by atoms with van der Waals surface area (Å²) in [5, 5.41) is 18.6. The van der Waals surface area contributed by atoms with Crippen molar-refractivity contribution in [3.63, 3.8) is 0 Å². The van der Waals surface area contributed by atoms with E-state index < -0.39 is 0 Å². The molecule has 4 nitrogen and oxygen atoms in total. The molecular weight excluding hydrogens is 240 g/mol. The third-order valence-electron chi connectivity index (χ3n) is 3.72. The number of amides is 1. The first kappa shape index (κ1) is 13.4. The van der Waals surface area contributed by atoms with Crippen LogP contribution in [0.1, 0.15) is 41.6 Å². The van der Waals surface area contributed by atoms with Crippen LogP contribution in [-0.4, -0.2) is 28.5 Å². The predicted octanol–water partition coefficient (Wildman–Crippen LogP) is 2.61. The lowest BCUT2D eigenvalue weighted by Gasteiger charge is -2.26. The molecule has 1 aliphatic carbocycles. The largest absolute Gasteiger partial charge is 0.508 e. The van der Waals surface area contributed by atoms with Crippen LogP contribution in [0.4, 0.5) is 0 Å². The van der Waals surface area contributed by atoms with Crippen LogP contribution >= 0.6 is 0 Å². The zero-order valence-electron chi connectivity index (χ0n) is 11.1. The Kier molecular flexibility index (Phi) is 4.06. The van der Waals surface area contributed by atoms with Crippen molar-refractivity contribution < 1.29 is 9.90 Å². The molecule has 1 fully saturated rings. The summed E-state index contributed by atoms with van der Waals surface area (Å²) >= 11 is 0. The van der Waals surface area contributed by atoms with E-state index in [1.165, 1.54) is 6.07 Å². The molecule has 4 heteroatoms. The third kappa shape index (κ3) is 2.87. The molecule has 1 aromatic rings. The molecule has 2 rings (SSSR count). The number of aromatic hydroxyl groups is 1. The zero-order valence-corrected chi connectivity index (χ0v) is 11.1. The number of nitriles is 1. The van der Waals surface area contributed by atoms with E-state index in [9.17, 15) is 9.90 Å². The van der Waals surface area contributed by atoms with Gasteiger partial charge in [0.15, 0.2) is 0 Å². The van der Waals surface area contributed by atoms with Crippen molar-refractivity contribution in [2.45, 2.75) is 38.6 Å². The van der Waals surface area contributed by atoms with E-state index in [0.717, 1.165) is 31.2 Å². The van der Waals surface area contributed by atoms with Gasteiger partial charge in [0.2, 0.25) is 0 Å². The van der Waals surface area contributed by atoms with Crippen molar-refractivity contribution in [1.29, 1.82) is 5.26 Å². The minimum Gasteiger partial charge on any atom is -0.508 e. The van der Waals surface area contributed by atoms with Gasteiger partial charge in [0.05, 0.1) is 6.07 Å². The monoisotopic (exact) mass is 258 g/mol. The summed E-state index contributed by atoms with van der Waals surface area (Å²) in [5.74, 6) is -0.0436. The maximum atomic E-state index is 12.4. The molecule has 0 heterocycles. The first-order valence-electron chi connectivity index (χ1n) is 6.61. The van der Waals surface area contributed by atoms with Crippen LogP contribution in [0.25, 0.3) is 0 Å². The highest BCUT2D eigenvalue weighted by Crippen LogP contribution is 2.26. The van der Waals surface area contributed by atoms with Gasteiger partial charge in [-0.2, -0.15) is 5.26 Å². The smallest absolute Gasteiger partial charge is 0.255 e. The fourth-order valence-electron chi connectivity index (χ4n) is 2.57. The first-order valence-corrected chi connectivity index (χ1v) is 6.61. The molecule has 0 unspecified atom stereocenters. The van der Waals surface area contributed by atoms with Gasteiger partial charge in [-0.05, 0) is 37.5 Å². The fourth-order valence-corrected chi connectivity index (χ4v) is 2.57. The second kappa shape index (κ2) is 5.75. The van der Waals surface area contributed by atoms with Crippen LogP contribution in [0.2, 0.25) is 0 Å². The van der Waals surface area contributed by atoms with E-state index in [1.807, 2.05) is 0 Å². The van der Waals surface area contributed by atoms with Gasteiger partial charge in [0.1, 0.15) is 12.3 Å². The second-order valence-electron chi connectivity index (χ2n) is 5.03. The third-order valence-corrected chi connectivity index (χ3v) is 3.72. The molecular formula is C15H18N2O2. The van der Waals surface area contributed by atoms with E-state index in [2.05, 4.69) is 6.07 Å². The minimum absolute atomic E-state index is 0.109. The summed E-state index contributed by atoms with van der Waals surface area (Å²) < 4.78 is 0. The average molecular weight is 258 g/mol. The van der Waals surface area contributed by atoms with Crippen molar-refractivity contribution in [3.05, 3.63) is 29.3 Å². The highest BCUT2D eigenvalue weighted by Gasteiger charge is 2.27. The number of carbonyl (C=O) groups is 1. The summed E-state index contributed by atoms with van der Waals surface area (Å²) in [6, 6.07) is 7.14. The van der Waals surface area contributed by atoms with Crippen molar-refractivity contribution >= 4 is 5.91 Å². The molecule has 19 heavy (non-hydrogen) atoms. The molecule has 0 aromatic heterocycles. The van der Waals surface area contributed by atoms with E-state index in [4.69, 9.17) is 5.26 Å². The predicted molar refractivity (Wildman–Crippen MR) is 71.7 cm³/mol. The van der Waals surface area contributed by atoms with Gasteiger partial charge in [-0.15, -0.1) is 0 Å². The fraction of sp³-hybridized carbons (Fsp3) is 0.467. The van der Waals surface area contributed by atoms with Gasteiger partial charge in [-0.25, -0.2) is 0 Å².